The second kappa shape index (κ2) is 14.3. The van der Waals surface area contributed by atoms with Crippen LogP contribution in [0.25, 0.3) is 0 Å². The molecule has 4 atom stereocenters. The van der Waals surface area contributed by atoms with Gasteiger partial charge in [-0.05, 0) is 81.7 Å². The third-order valence-electron chi connectivity index (χ3n) is 9.39. The molecule has 1 aromatic heterocycles. The summed E-state index contributed by atoms with van der Waals surface area (Å²) in [6.45, 7) is 10.4. The monoisotopic (exact) mass is 786 g/mol. The van der Waals surface area contributed by atoms with Gasteiger partial charge in [0.25, 0.3) is 5.56 Å². The molecule has 0 radical (unpaired) electrons. The first-order valence-electron chi connectivity index (χ1n) is 15.7. The Bertz CT molecular complexity index is 1760. The summed E-state index contributed by atoms with van der Waals surface area (Å²) in [4.78, 5) is 27.7. The molecule has 2 N–H and O–H groups in total. The van der Waals surface area contributed by atoms with Crippen LogP contribution in [0.3, 0.4) is 0 Å². The molecule has 0 unspecified atom stereocenters. The number of aliphatic hydroxyl groups is 1. The van der Waals surface area contributed by atoms with Gasteiger partial charge in [-0.15, -0.1) is 0 Å². The Morgan fingerprint density at radius 1 is 0.875 bits per heavy atom. The van der Waals surface area contributed by atoms with Gasteiger partial charge in [-0.25, -0.2) is 4.79 Å². The molecule has 0 amide bonds. The highest BCUT2D eigenvalue weighted by atomic mass is 127. The van der Waals surface area contributed by atoms with Gasteiger partial charge in [0.2, 0.25) is 0 Å². The van der Waals surface area contributed by atoms with E-state index in [1.54, 1.807) is 14.2 Å². The lowest BCUT2D eigenvalue weighted by atomic mass is 9.80. The van der Waals surface area contributed by atoms with Gasteiger partial charge in [0.15, 0.2) is 14.5 Å². The predicted octanol–water partition coefficient (Wildman–Crippen LogP) is 5.82. The van der Waals surface area contributed by atoms with Crippen molar-refractivity contribution in [2.45, 2.75) is 69.0 Å². The number of hydrogen-bond acceptors (Lipinski definition) is 8. The maximum Gasteiger partial charge on any atom is 0.330 e. The molecule has 2 heterocycles. The normalized spacial score (nSPS) is 20.1. The molecule has 1 fully saturated rings. The summed E-state index contributed by atoms with van der Waals surface area (Å²) < 4.78 is 32.8. The molecule has 0 saturated carbocycles. The Morgan fingerprint density at radius 3 is 1.90 bits per heavy atom. The van der Waals surface area contributed by atoms with E-state index in [0.717, 1.165) is 16.7 Å². The van der Waals surface area contributed by atoms with E-state index in [1.165, 1.54) is 10.8 Å². The van der Waals surface area contributed by atoms with Gasteiger partial charge in [0.05, 0.1) is 24.4 Å². The first-order chi connectivity index (χ1) is 22.7. The third-order valence-corrected chi connectivity index (χ3v) is 14.6. The van der Waals surface area contributed by atoms with Gasteiger partial charge in [-0.1, -0.05) is 75.4 Å². The first kappa shape index (κ1) is 36.0. The topological polar surface area (TPSA) is 121 Å². The van der Waals surface area contributed by atoms with Crippen LogP contribution in [0.4, 0.5) is 0 Å². The van der Waals surface area contributed by atoms with Crippen LogP contribution in [-0.4, -0.2) is 62.1 Å². The number of aromatic amines is 1. The highest BCUT2D eigenvalue weighted by molar-refractivity contribution is 14.1. The van der Waals surface area contributed by atoms with Crippen molar-refractivity contribution in [1.82, 2.24) is 9.55 Å². The van der Waals surface area contributed by atoms with Crippen LogP contribution in [0.5, 0.6) is 11.5 Å². The number of H-pyrrole nitrogens is 1. The van der Waals surface area contributed by atoms with Crippen molar-refractivity contribution in [2.24, 2.45) is 0 Å². The minimum Gasteiger partial charge on any atom is -0.497 e. The van der Waals surface area contributed by atoms with Crippen molar-refractivity contribution in [3.05, 3.63) is 126 Å². The van der Waals surface area contributed by atoms with Crippen LogP contribution in [-0.2, 0) is 19.5 Å². The minimum absolute atomic E-state index is 0.0722. The predicted molar refractivity (Wildman–Crippen MR) is 194 cm³/mol. The van der Waals surface area contributed by atoms with Crippen molar-refractivity contribution in [3.8, 4) is 11.5 Å². The molecule has 1 saturated heterocycles. The summed E-state index contributed by atoms with van der Waals surface area (Å²) in [5, 5.41) is 11.7. The Labute approximate surface area is 295 Å². The SMILES string of the molecule is COc1ccc(C(OC[C@H]2O[C@@H](n3cc(I)c(=O)[nH]c3=O)[C@H](O[Si](C)(C)C(C)(C)C)[C@@H]2O)(c2ccccc2)c2ccc(OC)cc2)cc1. The van der Waals surface area contributed by atoms with E-state index in [9.17, 15) is 14.7 Å². The largest absolute Gasteiger partial charge is 0.497 e. The average Bonchev–Trinajstić information content (AvgIpc) is 3.37. The molecular weight excluding hydrogens is 743 g/mol. The minimum atomic E-state index is -2.49. The zero-order valence-electron chi connectivity index (χ0n) is 28.2. The zero-order valence-corrected chi connectivity index (χ0v) is 31.4. The van der Waals surface area contributed by atoms with Crippen molar-refractivity contribution < 1.29 is 28.5 Å². The molecule has 12 heteroatoms. The number of aromatic nitrogens is 2. The molecule has 5 rings (SSSR count). The van der Waals surface area contributed by atoms with Gasteiger partial charge in [0, 0.05) is 6.20 Å². The maximum atomic E-state index is 13.1. The standard InChI is InChI=1S/C36H43IN2O8Si/c1-35(2,3)48(6,7)47-31-30(40)29(46-33(31)39-21-28(37)32(41)38-34(39)42)22-45-36(23-11-9-8-10-12-23,24-13-17-26(43-4)18-14-24)25-15-19-27(44-5)20-16-25/h8-21,29-31,33,40H,22H2,1-7H3,(H,38,41,42)/t29-,30-,31-,33-/m1/s1. The molecule has 48 heavy (non-hydrogen) atoms. The Morgan fingerprint density at radius 2 is 1.40 bits per heavy atom. The van der Waals surface area contributed by atoms with Crippen LogP contribution in [0.2, 0.25) is 18.1 Å². The molecule has 0 spiro atoms. The summed E-state index contributed by atoms with van der Waals surface area (Å²) >= 11 is 1.87. The molecule has 1 aliphatic rings. The Hall–Kier alpha value is -3.27. The molecule has 0 bridgehead atoms. The van der Waals surface area contributed by atoms with Crippen molar-refractivity contribution in [1.29, 1.82) is 0 Å². The van der Waals surface area contributed by atoms with Crippen molar-refractivity contribution >= 4 is 30.9 Å². The lowest BCUT2D eigenvalue weighted by Gasteiger charge is -2.40. The van der Waals surface area contributed by atoms with Gasteiger partial charge in [-0.2, -0.15) is 0 Å². The van der Waals surface area contributed by atoms with Gasteiger partial charge in [0.1, 0.15) is 35.4 Å². The van der Waals surface area contributed by atoms with Crippen LogP contribution >= 0.6 is 22.6 Å². The lowest BCUT2D eigenvalue weighted by Crippen LogP contribution is -2.50. The molecule has 10 nitrogen and oxygen atoms in total. The van der Waals surface area contributed by atoms with E-state index >= 15 is 0 Å². The lowest BCUT2D eigenvalue weighted by molar-refractivity contribution is -0.0957. The molecule has 0 aliphatic carbocycles. The number of nitrogens with one attached hydrogen (secondary N) is 1. The summed E-state index contributed by atoms with van der Waals surface area (Å²) in [5.41, 5.74) is 0.195. The molecule has 256 valence electrons. The van der Waals surface area contributed by atoms with Crippen LogP contribution in [0.1, 0.15) is 43.7 Å². The van der Waals surface area contributed by atoms with Gasteiger partial charge < -0.3 is 28.5 Å². The fraction of sp³-hybridized carbons (Fsp3) is 0.389. The number of methoxy groups -OCH3 is 2. The molecule has 3 aromatic carbocycles. The molecular formula is C36H43IN2O8Si. The highest BCUT2D eigenvalue weighted by Gasteiger charge is 2.51. The number of nitrogens with zero attached hydrogens (tertiary/aromatic N) is 1. The van der Waals surface area contributed by atoms with Gasteiger partial charge >= 0.3 is 5.69 Å². The van der Waals surface area contributed by atoms with Crippen LogP contribution in [0.15, 0.2) is 94.6 Å². The van der Waals surface area contributed by atoms with Gasteiger partial charge in [-0.3, -0.25) is 14.3 Å². The number of benzene rings is 3. The Balaban J connectivity index is 1.60. The van der Waals surface area contributed by atoms with E-state index in [4.69, 9.17) is 23.4 Å². The number of aliphatic hydroxyl groups excluding tert-OH is 1. The summed E-state index contributed by atoms with van der Waals surface area (Å²) in [6.07, 6.45) is -2.56. The number of hydrogen-bond donors (Lipinski definition) is 2. The summed E-state index contributed by atoms with van der Waals surface area (Å²) in [7, 11) is 0.746. The van der Waals surface area contributed by atoms with E-state index in [2.05, 4.69) is 38.8 Å². The molecule has 4 aromatic rings. The Kier molecular flexibility index (Phi) is 10.7. The third kappa shape index (κ3) is 7.05. The number of ether oxygens (including phenoxy) is 4. The quantitative estimate of drug-likeness (QED) is 0.111. The molecule has 1 aliphatic heterocycles. The highest BCUT2D eigenvalue weighted by Crippen LogP contribution is 2.45. The maximum absolute atomic E-state index is 13.1. The van der Waals surface area contributed by atoms with Crippen molar-refractivity contribution in [3.63, 3.8) is 0 Å². The van der Waals surface area contributed by atoms with E-state index < -0.39 is 49.7 Å². The smallest absolute Gasteiger partial charge is 0.330 e. The van der Waals surface area contributed by atoms with E-state index in [1.807, 2.05) is 101 Å². The fourth-order valence-corrected chi connectivity index (χ4v) is 7.38. The summed E-state index contributed by atoms with van der Waals surface area (Å²) in [6, 6.07) is 25.2. The van der Waals surface area contributed by atoms with E-state index in [0.29, 0.717) is 15.1 Å². The number of rotatable bonds is 11. The van der Waals surface area contributed by atoms with E-state index in [-0.39, 0.29) is 11.6 Å². The second-order valence-corrected chi connectivity index (χ2v) is 19.3. The second-order valence-electron chi connectivity index (χ2n) is 13.4. The first-order valence-corrected chi connectivity index (χ1v) is 19.7. The zero-order chi connectivity index (χ0) is 34.9. The van der Waals surface area contributed by atoms with Crippen molar-refractivity contribution in [2.75, 3.05) is 20.8 Å². The fourth-order valence-electron chi connectivity index (χ4n) is 5.66. The van der Waals surface area contributed by atoms with Crippen LogP contribution in [0, 0.1) is 3.57 Å². The number of halogens is 1. The van der Waals surface area contributed by atoms with Crippen LogP contribution < -0.4 is 20.7 Å². The average molecular weight is 787 g/mol. The summed E-state index contributed by atoms with van der Waals surface area (Å²) in [5.74, 6) is 1.39.